The van der Waals surface area contributed by atoms with Gasteiger partial charge in [0.2, 0.25) is 0 Å². The minimum absolute atomic E-state index is 0.250. The molecule has 4 N–H and O–H groups in total. The normalized spacial score (nSPS) is 7.20. The fourth-order valence-electron chi connectivity index (χ4n) is 0.362. The molecule has 0 unspecified atom stereocenters. The molecule has 0 aliphatic heterocycles. The van der Waals surface area contributed by atoms with Crippen molar-refractivity contribution in [3.8, 4) is 0 Å². The van der Waals surface area contributed by atoms with Gasteiger partial charge in [0.25, 0.3) is 0 Å². The second kappa shape index (κ2) is 48.8. The molecular formula is C11H30O4. The predicted octanol–water partition coefficient (Wildman–Crippen LogP) is 1.16. The van der Waals surface area contributed by atoms with Crippen molar-refractivity contribution in [2.24, 2.45) is 0 Å². The van der Waals surface area contributed by atoms with Gasteiger partial charge < -0.3 is 20.4 Å². The van der Waals surface area contributed by atoms with E-state index in [1.807, 2.05) is 6.92 Å². The van der Waals surface area contributed by atoms with Gasteiger partial charge in [-0.15, -0.1) is 0 Å². The van der Waals surface area contributed by atoms with Gasteiger partial charge in [-0.25, -0.2) is 0 Å². The minimum atomic E-state index is 0.250. The van der Waals surface area contributed by atoms with Gasteiger partial charge in [0, 0.05) is 26.9 Å². The maximum Gasteiger partial charge on any atom is 0.0431 e. The summed E-state index contributed by atoms with van der Waals surface area (Å²) in [6.07, 6.45) is 4.20. The van der Waals surface area contributed by atoms with E-state index >= 15 is 0 Å². The lowest BCUT2D eigenvalue weighted by Crippen LogP contribution is -1.78. The van der Waals surface area contributed by atoms with Crippen molar-refractivity contribution < 1.29 is 20.4 Å². The Morgan fingerprint density at radius 2 is 1.00 bits per heavy atom. The standard InChI is InChI=1S/C5H12O.C3H8O.C2H6O.CH4O/c1-2-3-4-5-6;1-2-3-4;1-2-3;1-2/h6H,2-5H2,1H3;4H,2-3H2,1H3;3H,2H2,1H3;2H,1H3. The largest absolute Gasteiger partial charge is 0.400 e. The first-order valence-corrected chi connectivity index (χ1v) is 5.52. The number of hydrogen-bond donors (Lipinski definition) is 4. The molecule has 4 heteroatoms. The van der Waals surface area contributed by atoms with Crippen LogP contribution in [0.4, 0.5) is 0 Å². The lowest BCUT2D eigenvalue weighted by molar-refractivity contribution is 0.284. The number of rotatable bonds is 4. The van der Waals surface area contributed by atoms with Crippen LogP contribution in [0.15, 0.2) is 0 Å². The lowest BCUT2D eigenvalue weighted by Gasteiger charge is -1.85. The molecule has 98 valence electrons. The van der Waals surface area contributed by atoms with E-state index in [2.05, 4.69) is 6.92 Å². The summed E-state index contributed by atoms with van der Waals surface area (Å²) in [5.41, 5.74) is 0. The first-order chi connectivity index (χ1) is 7.24. The lowest BCUT2D eigenvalue weighted by atomic mass is 10.3. The Labute approximate surface area is 94.6 Å². The van der Waals surface area contributed by atoms with Gasteiger partial charge in [0.05, 0.1) is 0 Å². The molecule has 0 amide bonds. The van der Waals surface area contributed by atoms with Gasteiger partial charge in [0.1, 0.15) is 0 Å². The number of hydrogen-bond acceptors (Lipinski definition) is 4. The minimum Gasteiger partial charge on any atom is -0.400 e. The molecule has 0 aromatic heterocycles. The highest BCUT2D eigenvalue weighted by Gasteiger charge is 1.76. The quantitative estimate of drug-likeness (QED) is 0.542. The zero-order valence-electron chi connectivity index (χ0n) is 10.7. The molecule has 0 aliphatic carbocycles. The number of aliphatic hydroxyl groups excluding tert-OH is 4. The van der Waals surface area contributed by atoms with E-state index in [9.17, 15) is 0 Å². The highest BCUT2D eigenvalue weighted by atomic mass is 16.3. The number of aliphatic hydroxyl groups is 4. The van der Waals surface area contributed by atoms with Crippen LogP contribution in [0, 0.1) is 0 Å². The van der Waals surface area contributed by atoms with Crippen LogP contribution >= 0.6 is 0 Å². The smallest absolute Gasteiger partial charge is 0.0431 e. The molecule has 4 nitrogen and oxygen atoms in total. The Morgan fingerprint density at radius 3 is 1.07 bits per heavy atom. The average molecular weight is 226 g/mol. The Morgan fingerprint density at radius 1 is 0.667 bits per heavy atom. The van der Waals surface area contributed by atoms with Gasteiger partial charge in [-0.05, 0) is 19.8 Å². The van der Waals surface area contributed by atoms with Crippen molar-refractivity contribution in [2.75, 3.05) is 26.9 Å². The van der Waals surface area contributed by atoms with E-state index in [-0.39, 0.29) is 6.61 Å². The predicted molar refractivity (Wildman–Crippen MR) is 64.9 cm³/mol. The molecule has 0 fully saturated rings. The molecule has 0 spiro atoms. The van der Waals surface area contributed by atoms with Crippen LogP contribution in [0.1, 0.15) is 46.5 Å². The summed E-state index contributed by atoms with van der Waals surface area (Å²) in [7, 11) is 1.00. The third-order valence-electron chi connectivity index (χ3n) is 0.985. The van der Waals surface area contributed by atoms with Crippen molar-refractivity contribution in [2.45, 2.75) is 46.5 Å². The van der Waals surface area contributed by atoms with Gasteiger partial charge in [-0.1, -0.05) is 26.7 Å². The second-order valence-corrected chi connectivity index (χ2v) is 2.47. The van der Waals surface area contributed by atoms with Gasteiger partial charge in [0.15, 0.2) is 0 Å². The third-order valence-corrected chi connectivity index (χ3v) is 0.985. The van der Waals surface area contributed by atoms with E-state index in [0.717, 1.165) is 26.4 Å². The fraction of sp³-hybridized carbons (Fsp3) is 1.00. The van der Waals surface area contributed by atoms with Crippen LogP contribution in [0.25, 0.3) is 0 Å². The molecule has 0 saturated carbocycles. The molecule has 0 radical (unpaired) electrons. The van der Waals surface area contributed by atoms with Crippen LogP contribution in [0.5, 0.6) is 0 Å². The Hall–Kier alpha value is -0.160. The van der Waals surface area contributed by atoms with Gasteiger partial charge in [-0.3, -0.25) is 0 Å². The molecule has 0 atom stereocenters. The van der Waals surface area contributed by atoms with Crippen LogP contribution in [0.3, 0.4) is 0 Å². The maximum atomic E-state index is 8.20. The Kier molecular flexibility index (Phi) is 78.7. The summed E-state index contributed by atoms with van der Waals surface area (Å²) >= 11 is 0. The molecule has 0 heterocycles. The first kappa shape index (κ1) is 24.2. The van der Waals surface area contributed by atoms with E-state index in [1.165, 1.54) is 6.42 Å². The maximum absolute atomic E-state index is 8.20. The van der Waals surface area contributed by atoms with Crippen LogP contribution in [-0.4, -0.2) is 47.4 Å². The summed E-state index contributed by atoms with van der Waals surface area (Å²) in [6, 6.07) is 0. The zero-order valence-corrected chi connectivity index (χ0v) is 10.7. The average Bonchev–Trinajstić information content (AvgIpc) is 2.30. The molecule has 0 bridgehead atoms. The summed E-state index contributed by atoms with van der Waals surface area (Å²) in [5.74, 6) is 0. The highest BCUT2D eigenvalue weighted by molar-refractivity contribution is 4.30. The Balaban J connectivity index is -0.0000000590. The van der Waals surface area contributed by atoms with E-state index in [1.54, 1.807) is 6.92 Å². The van der Waals surface area contributed by atoms with Gasteiger partial charge in [-0.2, -0.15) is 0 Å². The summed E-state index contributed by atoms with van der Waals surface area (Å²) in [4.78, 5) is 0. The zero-order chi connectivity index (χ0) is 12.9. The van der Waals surface area contributed by atoms with Crippen molar-refractivity contribution >= 4 is 0 Å². The number of unbranched alkanes of at least 4 members (excludes halogenated alkanes) is 2. The van der Waals surface area contributed by atoms with E-state index < -0.39 is 0 Å². The molecule has 0 aromatic rings. The molecule has 0 rings (SSSR count). The molecular weight excluding hydrogens is 196 g/mol. The second-order valence-electron chi connectivity index (χ2n) is 2.47. The fourth-order valence-corrected chi connectivity index (χ4v) is 0.362. The highest BCUT2D eigenvalue weighted by Crippen LogP contribution is 1.89. The summed E-state index contributed by atoms with van der Waals surface area (Å²) in [5, 5.41) is 30.6. The van der Waals surface area contributed by atoms with Crippen molar-refractivity contribution in [3.63, 3.8) is 0 Å². The first-order valence-electron chi connectivity index (χ1n) is 5.52. The van der Waals surface area contributed by atoms with Gasteiger partial charge >= 0.3 is 0 Å². The van der Waals surface area contributed by atoms with Crippen LogP contribution < -0.4 is 0 Å². The van der Waals surface area contributed by atoms with Crippen molar-refractivity contribution in [3.05, 3.63) is 0 Å². The van der Waals surface area contributed by atoms with Crippen LogP contribution in [-0.2, 0) is 0 Å². The molecule has 15 heavy (non-hydrogen) atoms. The molecule has 0 aliphatic rings. The van der Waals surface area contributed by atoms with Crippen LogP contribution in [0.2, 0.25) is 0 Å². The van der Waals surface area contributed by atoms with Crippen molar-refractivity contribution in [1.29, 1.82) is 0 Å². The topological polar surface area (TPSA) is 80.9 Å². The Bertz CT molecular complexity index is 45.9. The summed E-state index contributed by atoms with van der Waals surface area (Å²) in [6.45, 7) is 6.66. The van der Waals surface area contributed by atoms with E-state index in [4.69, 9.17) is 20.4 Å². The van der Waals surface area contributed by atoms with E-state index in [0.29, 0.717) is 13.2 Å². The summed E-state index contributed by atoms with van der Waals surface area (Å²) < 4.78 is 0. The SMILES string of the molecule is CCCCCO.CCCO.CCO.CO. The molecule has 0 aromatic carbocycles. The third kappa shape index (κ3) is 132. The molecule has 0 saturated heterocycles. The van der Waals surface area contributed by atoms with Crippen molar-refractivity contribution in [1.82, 2.24) is 0 Å². The monoisotopic (exact) mass is 226 g/mol.